The van der Waals surface area contributed by atoms with Crippen LogP contribution >= 0.6 is 0 Å². The van der Waals surface area contributed by atoms with Crippen LogP contribution < -0.4 is 4.74 Å². The van der Waals surface area contributed by atoms with Crippen LogP contribution in [0.25, 0.3) is 0 Å². The van der Waals surface area contributed by atoms with Gasteiger partial charge in [0.2, 0.25) is 0 Å². The molecule has 0 aliphatic carbocycles. The molecule has 0 fully saturated rings. The van der Waals surface area contributed by atoms with Crippen molar-refractivity contribution in [2.24, 2.45) is 0 Å². The van der Waals surface area contributed by atoms with Gasteiger partial charge in [-0.1, -0.05) is 42.5 Å². The number of hydrogen-bond acceptors (Lipinski definition) is 3. The van der Waals surface area contributed by atoms with Crippen LogP contribution in [0.2, 0.25) is 0 Å². The number of aromatic nitrogens is 1. The standard InChI is InChI=1S/C20H17NO2/c1-15(22)18-9-5-6-10-19(18)23-20(16-7-3-2-4-8-16)17-11-13-21-14-12-17/h2-14,20H,1H3. The second-order valence-corrected chi connectivity index (χ2v) is 5.24. The van der Waals surface area contributed by atoms with Crippen molar-refractivity contribution in [2.45, 2.75) is 13.0 Å². The van der Waals surface area contributed by atoms with Gasteiger partial charge in [-0.15, -0.1) is 0 Å². The summed E-state index contributed by atoms with van der Waals surface area (Å²) in [5, 5.41) is 0. The Bertz CT molecular complexity index is 746. The third-order valence-electron chi connectivity index (χ3n) is 3.62. The van der Waals surface area contributed by atoms with E-state index in [9.17, 15) is 4.79 Å². The first-order valence-electron chi connectivity index (χ1n) is 7.47. The van der Waals surface area contributed by atoms with Gasteiger partial charge in [-0.2, -0.15) is 0 Å². The van der Waals surface area contributed by atoms with Crippen LogP contribution in [0.1, 0.15) is 34.5 Å². The number of Topliss-reactive ketones (excluding diaryl/α,β-unsaturated/α-hetero) is 1. The molecule has 3 aromatic rings. The maximum absolute atomic E-state index is 11.8. The number of ketones is 1. The molecule has 0 saturated heterocycles. The number of ether oxygens (including phenoxy) is 1. The minimum Gasteiger partial charge on any atom is -0.480 e. The molecule has 0 aliphatic rings. The number of hydrogen-bond donors (Lipinski definition) is 0. The van der Waals surface area contributed by atoms with E-state index in [1.165, 1.54) is 0 Å². The highest BCUT2D eigenvalue weighted by Crippen LogP contribution is 2.30. The maximum atomic E-state index is 11.8. The molecule has 3 rings (SSSR count). The first kappa shape index (κ1) is 15.0. The molecule has 3 nitrogen and oxygen atoms in total. The minimum absolute atomic E-state index is 0.0119. The van der Waals surface area contributed by atoms with Crippen molar-refractivity contribution in [3.63, 3.8) is 0 Å². The van der Waals surface area contributed by atoms with Gasteiger partial charge in [0, 0.05) is 12.4 Å². The number of rotatable bonds is 5. The number of benzene rings is 2. The van der Waals surface area contributed by atoms with Gasteiger partial charge in [-0.3, -0.25) is 9.78 Å². The summed E-state index contributed by atoms with van der Waals surface area (Å²) in [5.41, 5.74) is 2.60. The topological polar surface area (TPSA) is 39.2 Å². The zero-order valence-electron chi connectivity index (χ0n) is 12.8. The molecule has 23 heavy (non-hydrogen) atoms. The summed E-state index contributed by atoms with van der Waals surface area (Å²) in [6, 6.07) is 21.1. The Morgan fingerprint density at radius 3 is 2.17 bits per heavy atom. The van der Waals surface area contributed by atoms with E-state index in [1.807, 2.05) is 60.7 Å². The van der Waals surface area contributed by atoms with Crippen LogP contribution in [0.15, 0.2) is 79.1 Å². The Morgan fingerprint density at radius 2 is 1.48 bits per heavy atom. The van der Waals surface area contributed by atoms with Gasteiger partial charge in [0.25, 0.3) is 0 Å². The highest BCUT2D eigenvalue weighted by Gasteiger charge is 2.18. The third-order valence-corrected chi connectivity index (χ3v) is 3.62. The van der Waals surface area contributed by atoms with E-state index in [4.69, 9.17) is 4.74 Å². The summed E-state index contributed by atoms with van der Waals surface area (Å²) in [5.74, 6) is 0.577. The summed E-state index contributed by atoms with van der Waals surface area (Å²) >= 11 is 0. The predicted molar refractivity (Wildman–Crippen MR) is 89.6 cm³/mol. The van der Waals surface area contributed by atoms with E-state index in [0.717, 1.165) is 11.1 Å². The smallest absolute Gasteiger partial charge is 0.163 e. The number of carbonyl (C=O) groups is 1. The fourth-order valence-corrected chi connectivity index (χ4v) is 2.48. The first-order chi connectivity index (χ1) is 11.3. The van der Waals surface area contributed by atoms with Crippen LogP contribution in [-0.4, -0.2) is 10.8 Å². The maximum Gasteiger partial charge on any atom is 0.163 e. The van der Waals surface area contributed by atoms with Gasteiger partial charge in [-0.25, -0.2) is 0 Å². The van der Waals surface area contributed by atoms with Crippen molar-refractivity contribution in [3.05, 3.63) is 95.8 Å². The average molecular weight is 303 g/mol. The van der Waals surface area contributed by atoms with E-state index in [2.05, 4.69) is 4.98 Å². The molecular formula is C20H17NO2. The van der Waals surface area contributed by atoms with Crippen LogP contribution in [-0.2, 0) is 0 Å². The molecule has 0 spiro atoms. The Hall–Kier alpha value is -2.94. The highest BCUT2D eigenvalue weighted by molar-refractivity contribution is 5.96. The lowest BCUT2D eigenvalue weighted by Crippen LogP contribution is -2.11. The summed E-state index contributed by atoms with van der Waals surface area (Å²) in [6.45, 7) is 1.55. The Labute approximate surface area is 135 Å². The van der Waals surface area contributed by atoms with Crippen LogP contribution in [0.4, 0.5) is 0 Å². The van der Waals surface area contributed by atoms with Gasteiger partial charge < -0.3 is 4.74 Å². The van der Waals surface area contributed by atoms with Crippen LogP contribution in [0, 0.1) is 0 Å². The molecule has 1 aromatic heterocycles. The molecule has 114 valence electrons. The molecule has 1 unspecified atom stereocenters. The normalized spacial score (nSPS) is 11.7. The molecule has 1 atom stereocenters. The van der Waals surface area contributed by atoms with Gasteiger partial charge in [0.05, 0.1) is 5.56 Å². The number of nitrogens with zero attached hydrogens (tertiary/aromatic N) is 1. The molecule has 0 bridgehead atoms. The Balaban J connectivity index is 2.02. The van der Waals surface area contributed by atoms with Crippen molar-refractivity contribution < 1.29 is 9.53 Å². The van der Waals surface area contributed by atoms with Crippen molar-refractivity contribution in [2.75, 3.05) is 0 Å². The predicted octanol–water partition coefficient (Wildman–Crippen LogP) is 4.45. The first-order valence-corrected chi connectivity index (χ1v) is 7.47. The lowest BCUT2D eigenvalue weighted by Gasteiger charge is -2.21. The minimum atomic E-state index is -0.292. The highest BCUT2D eigenvalue weighted by atomic mass is 16.5. The lowest BCUT2D eigenvalue weighted by atomic mass is 10.0. The second-order valence-electron chi connectivity index (χ2n) is 5.24. The summed E-state index contributed by atoms with van der Waals surface area (Å²) in [6.07, 6.45) is 3.19. The molecule has 0 N–H and O–H groups in total. The summed E-state index contributed by atoms with van der Waals surface area (Å²) in [4.78, 5) is 15.9. The Kier molecular flexibility index (Phi) is 4.48. The fraction of sp³-hybridized carbons (Fsp3) is 0.100. The number of para-hydroxylation sites is 1. The van der Waals surface area contributed by atoms with Gasteiger partial charge >= 0.3 is 0 Å². The van der Waals surface area contributed by atoms with E-state index in [1.54, 1.807) is 25.4 Å². The quantitative estimate of drug-likeness (QED) is 0.654. The molecule has 0 saturated carbocycles. The van der Waals surface area contributed by atoms with Gasteiger partial charge in [-0.05, 0) is 42.3 Å². The van der Waals surface area contributed by atoms with E-state index in [0.29, 0.717) is 11.3 Å². The van der Waals surface area contributed by atoms with Crippen LogP contribution in [0.5, 0.6) is 5.75 Å². The average Bonchev–Trinajstić information content (AvgIpc) is 2.61. The molecule has 0 aliphatic heterocycles. The van der Waals surface area contributed by atoms with E-state index < -0.39 is 0 Å². The van der Waals surface area contributed by atoms with E-state index in [-0.39, 0.29) is 11.9 Å². The number of pyridine rings is 1. The van der Waals surface area contributed by atoms with Crippen molar-refractivity contribution >= 4 is 5.78 Å². The SMILES string of the molecule is CC(=O)c1ccccc1OC(c1ccccc1)c1ccncc1. The monoisotopic (exact) mass is 303 g/mol. The third kappa shape index (κ3) is 3.46. The zero-order valence-corrected chi connectivity index (χ0v) is 12.8. The van der Waals surface area contributed by atoms with Crippen molar-refractivity contribution in [3.8, 4) is 5.75 Å². The lowest BCUT2D eigenvalue weighted by molar-refractivity contribution is 0.101. The molecule has 2 aromatic carbocycles. The largest absolute Gasteiger partial charge is 0.480 e. The van der Waals surface area contributed by atoms with Crippen LogP contribution in [0.3, 0.4) is 0 Å². The molecule has 1 heterocycles. The zero-order chi connectivity index (χ0) is 16.1. The molecule has 0 amide bonds. The fourth-order valence-electron chi connectivity index (χ4n) is 2.48. The van der Waals surface area contributed by atoms with Gasteiger partial charge in [0.15, 0.2) is 5.78 Å². The molecule has 3 heteroatoms. The molecule has 0 radical (unpaired) electrons. The van der Waals surface area contributed by atoms with Crippen molar-refractivity contribution in [1.82, 2.24) is 4.98 Å². The van der Waals surface area contributed by atoms with Gasteiger partial charge in [0.1, 0.15) is 11.9 Å². The Morgan fingerprint density at radius 1 is 0.870 bits per heavy atom. The molecular weight excluding hydrogens is 286 g/mol. The second kappa shape index (κ2) is 6.88. The summed E-state index contributed by atoms with van der Waals surface area (Å²) in [7, 11) is 0. The number of carbonyl (C=O) groups excluding carboxylic acids is 1. The van der Waals surface area contributed by atoms with E-state index >= 15 is 0 Å². The summed E-state index contributed by atoms with van der Waals surface area (Å²) < 4.78 is 6.23. The van der Waals surface area contributed by atoms with Crippen molar-refractivity contribution in [1.29, 1.82) is 0 Å².